The van der Waals surface area contributed by atoms with Crippen LogP contribution < -0.4 is 5.32 Å². The van der Waals surface area contributed by atoms with Crippen molar-refractivity contribution in [1.29, 1.82) is 0 Å². The monoisotopic (exact) mass is 313 g/mol. The van der Waals surface area contributed by atoms with E-state index in [0.717, 1.165) is 11.3 Å². The van der Waals surface area contributed by atoms with Crippen LogP contribution in [-0.2, 0) is 0 Å². The molecule has 0 spiro atoms. The standard InChI is InChI=1S/C15H12ClN5O/c1-10-13(16)3-2-4-14(10)18-15(22)11-5-7-12(8-6-11)21-9-17-19-20-21/h2-9H,1H3,(H,18,22). The number of hydrogen-bond acceptors (Lipinski definition) is 4. The van der Waals surface area contributed by atoms with Gasteiger partial charge in [0.1, 0.15) is 6.33 Å². The van der Waals surface area contributed by atoms with Gasteiger partial charge in [-0.15, -0.1) is 5.10 Å². The molecule has 0 radical (unpaired) electrons. The van der Waals surface area contributed by atoms with Crippen LogP contribution in [0, 0.1) is 6.92 Å². The Morgan fingerprint density at radius 1 is 1.18 bits per heavy atom. The number of nitrogens with zero attached hydrogens (tertiary/aromatic N) is 4. The third-order valence-corrected chi connectivity index (χ3v) is 3.67. The van der Waals surface area contributed by atoms with Crippen LogP contribution in [0.4, 0.5) is 5.69 Å². The SMILES string of the molecule is Cc1c(Cl)cccc1NC(=O)c1ccc(-n2cnnn2)cc1. The fraction of sp³-hybridized carbons (Fsp3) is 0.0667. The summed E-state index contributed by atoms with van der Waals surface area (Å²) in [6, 6.07) is 12.4. The van der Waals surface area contributed by atoms with Gasteiger partial charge in [-0.25, -0.2) is 4.68 Å². The predicted molar refractivity (Wildman–Crippen MR) is 83.3 cm³/mol. The highest BCUT2D eigenvalue weighted by Gasteiger charge is 2.09. The number of rotatable bonds is 3. The van der Waals surface area contributed by atoms with Crippen molar-refractivity contribution < 1.29 is 4.79 Å². The summed E-state index contributed by atoms with van der Waals surface area (Å²) in [5, 5.41) is 14.4. The second kappa shape index (κ2) is 5.95. The molecule has 0 fully saturated rings. The summed E-state index contributed by atoms with van der Waals surface area (Å²) >= 11 is 6.05. The predicted octanol–water partition coefficient (Wildman–Crippen LogP) is 2.88. The molecular formula is C15H12ClN5O. The third kappa shape index (κ3) is 2.82. The van der Waals surface area contributed by atoms with Gasteiger partial charge in [-0.2, -0.15) is 0 Å². The number of carbonyl (C=O) groups excluding carboxylic acids is 1. The van der Waals surface area contributed by atoms with Crippen LogP contribution in [0.5, 0.6) is 0 Å². The topological polar surface area (TPSA) is 72.7 Å². The lowest BCUT2D eigenvalue weighted by atomic mass is 10.1. The Hall–Kier alpha value is -2.73. The van der Waals surface area contributed by atoms with Gasteiger partial charge in [0.05, 0.1) is 5.69 Å². The molecule has 7 heteroatoms. The Morgan fingerprint density at radius 3 is 2.64 bits per heavy atom. The fourth-order valence-corrected chi connectivity index (χ4v) is 2.16. The minimum absolute atomic E-state index is 0.200. The van der Waals surface area contributed by atoms with E-state index in [1.165, 1.54) is 11.0 Å². The molecule has 0 atom stereocenters. The number of hydrogen-bond donors (Lipinski definition) is 1. The van der Waals surface area contributed by atoms with E-state index in [4.69, 9.17) is 11.6 Å². The molecule has 0 unspecified atom stereocenters. The molecule has 1 heterocycles. The van der Waals surface area contributed by atoms with E-state index in [0.29, 0.717) is 16.3 Å². The normalized spacial score (nSPS) is 10.5. The van der Waals surface area contributed by atoms with Gasteiger partial charge in [-0.05, 0) is 59.3 Å². The van der Waals surface area contributed by atoms with Gasteiger partial charge in [-0.1, -0.05) is 17.7 Å². The second-order valence-corrected chi connectivity index (χ2v) is 5.07. The number of tetrazole rings is 1. The molecule has 2 aromatic carbocycles. The summed E-state index contributed by atoms with van der Waals surface area (Å²) in [6.45, 7) is 1.86. The summed E-state index contributed by atoms with van der Waals surface area (Å²) < 4.78 is 1.52. The molecule has 1 amide bonds. The molecule has 22 heavy (non-hydrogen) atoms. The molecule has 3 rings (SSSR count). The highest BCUT2D eigenvalue weighted by atomic mass is 35.5. The van der Waals surface area contributed by atoms with Crippen LogP contribution >= 0.6 is 11.6 Å². The third-order valence-electron chi connectivity index (χ3n) is 3.26. The number of aromatic nitrogens is 4. The summed E-state index contributed by atoms with van der Waals surface area (Å²) in [7, 11) is 0. The van der Waals surface area contributed by atoms with E-state index in [2.05, 4.69) is 20.8 Å². The summed E-state index contributed by atoms with van der Waals surface area (Å²) in [4.78, 5) is 12.3. The number of benzene rings is 2. The van der Waals surface area contributed by atoms with Crippen LogP contribution in [0.2, 0.25) is 5.02 Å². The molecule has 1 N–H and O–H groups in total. The summed E-state index contributed by atoms with van der Waals surface area (Å²) in [5.74, 6) is -0.200. The molecule has 0 bridgehead atoms. The van der Waals surface area contributed by atoms with Crippen molar-refractivity contribution in [2.75, 3.05) is 5.32 Å². The van der Waals surface area contributed by atoms with E-state index < -0.39 is 0 Å². The fourth-order valence-electron chi connectivity index (χ4n) is 1.98. The van der Waals surface area contributed by atoms with Crippen LogP contribution in [0.25, 0.3) is 5.69 Å². The van der Waals surface area contributed by atoms with Crippen molar-refractivity contribution in [1.82, 2.24) is 20.2 Å². The van der Waals surface area contributed by atoms with Crippen LogP contribution in [0.15, 0.2) is 48.8 Å². The van der Waals surface area contributed by atoms with E-state index in [9.17, 15) is 4.79 Å². The Labute approximate surface area is 131 Å². The molecule has 0 saturated carbocycles. The Kier molecular flexibility index (Phi) is 3.84. The van der Waals surface area contributed by atoms with Crippen molar-refractivity contribution in [3.63, 3.8) is 0 Å². The number of carbonyl (C=O) groups is 1. The Morgan fingerprint density at radius 2 is 1.95 bits per heavy atom. The lowest BCUT2D eigenvalue weighted by Crippen LogP contribution is -2.13. The van der Waals surface area contributed by atoms with Crippen molar-refractivity contribution in [3.05, 3.63) is 64.9 Å². The molecule has 6 nitrogen and oxygen atoms in total. The van der Waals surface area contributed by atoms with Crippen molar-refractivity contribution in [2.45, 2.75) is 6.92 Å². The first-order chi connectivity index (χ1) is 10.6. The minimum Gasteiger partial charge on any atom is -0.322 e. The number of nitrogens with one attached hydrogen (secondary N) is 1. The van der Waals surface area contributed by atoms with Crippen LogP contribution in [0.1, 0.15) is 15.9 Å². The maximum Gasteiger partial charge on any atom is 0.255 e. The average Bonchev–Trinajstić information content (AvgIpc) is 3.06. The van der Waals surface area contributed by atoms with Crippen molar-refractivity contribution in [2.24, 2.45) is 0 Å². The molecule has 0 saturated heterocycles. The zero-order valence-electron chi connectivity index (χ0n) is 11.7. The van der Waals surface area contributed by atoms with Gasteiger partial charge in [0, 0.05) is 16.3 Å². The van der Waals surface area contributed by atoms with E-state index >= 15 is 0 Å². The van der Waals surface area contributed by atoms with Gasteiger partial charge in [-0.3, -0.25) is 4.79 Å². The summed E-state index contributed by atoms with van der Waals surface area (Å²) in [5.41, 5.74) is 2.85. The van der Waals surface area contributed by atoms with Crippen LogP contribution in [-0.4, -0.2) is 26.1 Å². The first kappa shape index (κ1) is 14.2. The van der Waals surface area contributed by atoms with Gasteiger partial charge in [0.15, 0.2) is 0 Å². The lowest BCUT2D eigenvalue weighted by molar-refractivity contribution is 0.102. The first-order valence-corrected chi connectivity index (χ1v) is 6.93. The maximum absolute atomic E-state index is 12.3. The zero-order valence-corrected chi connectivity index (χ0v) is 12.4. The first-order valence-electron chi connectivity index (χ1n) is 6.55. The molecule has 0 aliphatic carbocycles. The maximum atomic E-state index is 12.3. The van der Waals surface area contributed by atoms with Gasteiger partial charge in [0.25, 0.3) is 5.91 Å². The molecule has 1 aromatic heterocycles. The zero-order chi connectivity index (χ0) is 15.5. The Balaban J connectivity index is 1.79. The molecular weight excluding hydrogens is 302 g/mol. The molecule has 110 valence electrons. The quantitative estimate of drug-likeness (QED) is 0.807. The van der Waals surface area contributed by atoms with E-state index in [1.807, 2.05) is 13.0 Å². The molecule has 3 aromatic rings. The van der Waals surface area contributed by atoms with Crippen molar-refractivity contribution in [3.8, 4) is 5.69 Å². The number of halogens is 1. The second-order valence-electron chi connectivity index (χ2n) is 4.67. The minimum atomic E-state index is -0.200. The van der Waals surface area contributed by atoms with E-state index in [1.54, 1.807) is 36.4 Å². The van der Waals surface area contributed by atoms with Crippen molar-refractivity contribution >= 4 is 23.2 Å². The Bertz CT molecular complexity index is 799. The van der Waals surface area contributed by atoms with E-state index in [-0.39, 0.29) is 5.91 Å². The average molecular weight is 314 g/mol. The molecule has 0 aliphatic rings. The van der Waals surface area contributed by atoms with Gasteiger partial charge >= 0.3 is 0 Å². The highest BCUT2D eigenvalue weighted by molar-refractivity contribution is 6.31. The number of amides is 1. The molecule has 0 aliphatic heterocycles. The van der Waals surface area contributed by atoms with Gasteiger partial charge in [0.2, 0.25) is 0 Å². The smallest absolute Gasteiger partial charge is 0.255 e. The highest BCUT2D eigenvalue weighted by Crippen LogP contribution is 2.23. The van der Waals surface area contributed by atoms with Gasteiger partial charge < -0.3 is 5.32 Å². The largest absolute Gasteiger partial charge is 0.322 e. The number of anilines is 1. The van der Waals surface area contributed by atoms with Crippen LogP contribution in [0.3, 0.4) is 0 Å². The lowest BCUT2D eigenvalue weighted by Gasteiger charge is -2.09. The summed E-state index contributed by atoms with van der Waals surface area (Å²) in [6.07, 6.45) is 1.49.